The summed E-state index contributed by atoms with van der Waals surface area (Å²) in [6.07, 6.45) is 6.00. The molecule has 0 saturated carbocycles. The topological polar surface area (TPSA) is 27.7 Å². The number of benzene rings is 1. The number of hydrogen-bond acceptors (Lipinski definition) is 3. The van der Waals surface area contributed by atoms with E-state index < -0.39 is 0 Å². The minimum Gasteiger partial charge on any atom is -0.493 e. The van der Waals surface area contributed by atoms with E-state index in [9.17, 15) is 0 Å². The SMILES string of the molecule is C#CCOc1cc2c(cc1OC)C(=C)CC(C)(C)O2. The molecule has 0 atom stereocenters. The number of methoxy groups -OCH3 is 1. The predicted octanol–water partition coefficient (Wildman–Crippen LogP) is 3.28. The summed E-state index contributed by atoms with van der Waals surface area (Å²) in [5.74, 6) is 4.42. The van der Waals surface area contributed by atoms with E-state index in [1.165, 1.54) is 0 Å². The molecule has 0 N–H and O–H groups in total. The summed E-state index contributed by atoms with van der Waals surface area (Å²) in [6.45, 7) is 8.37. The lowest BCUT2D eigenvalue weighted by Gasteiger charge is -2.34. The Morgan fingerprint density at radius 3 is 2.79 bits per heavy atom. The molecule has 0 amide bonds. The maximum Gasteiger partial charge on any atom is 0.166 e. The van der Waals surface area contributed by atoms with E-state index in [0.29, 0.717) is 11.5 Å². The molecule has 1 aromatic carbocycles. The van der Waals surface area contributed by atoms with Crippen molar-refractivity contribution in [3.63, 3.8) is 0 Å². The molecule has 0 bridgehead atoms. The van der Waals surface area contributed by atoms with Crippen LogP contribution in [0.15, 0.2) is 18.7 Å². The second-order valence-electron chi connectivity index (χ2n) is 5.13. The number of hydrogen-bond donors (Lipinski definition) is 0. The lowest BCUT2D eigenvalue weighted by Crippen LogP contribution is -2.31. The third-order valence-corrected chi connectivity index (χ3v) is 2.98. The molecule has 2 rings (SSSR count). The average molecular weight is 258 g/mol. The summed E-state index contributed by atoms with van der Waals surface area (Å²) in [7, 11) is 1.60. The fourth-order valence-electron chi connectivity index (χ4n) is 2.24. The number of fused-ring (bicyclic) bond motifs is 1. The number of ether oxygens (including phenoxy) is 3. The Labute approximate surface area is 114 Å². The van der Waals surface area contributed by atoms with E-state index >= 15 is 0 Å². The second kappa shape index (κ2) is 4.89. The third-order valence-electron chi connectivity index (χ3n) is 2.98. The number of rotatable bonds is 3. The Kier molecular flexibility index (Phi) is 3.44. The molecule has 0 unspecified atom stereocenters. The molecular weight excluding hydrogens is 240 g/mol. The summed E-state index contributed by atoms with van der Waals surface area (Å²) in [6, 6.07) is 3.70. The first kappa shape index (κ1) is 13.4. The molecule has 0 radical (unpaired) electrons. The maximum atomic E-state index is 5.96. The molecule has 1 aromatic rings. The Morgan fingerprint density at radius 2 is 2.16 bits per heavy atom. The standard InChI is InChI=1S/C16H18O3/c1-6-7-18-15-9-13-12(8-14(15)17-5)11(2)10-16(3,4)19-13/h1,8-9H,2,7,10H2,3-5H3. The van der Waals surface area contributed by atoms with E-state index in [1.807, 2.05) is 26.0 Å². The van der Waals surface area contributed by atoms with Crippen molar-refractivity contribution in [1.82, 2.24) is 0 Å². The van der Waals surface area contributed by atoms with Crippen LogP contribution in [0.25, 0.3) is 5.57 Å². The van der Waals surface area contributed by atoms with Crippen LogP contribution in [0.3, 0.4) is 0 Å². The summed E-state index contributed by atoms with van der Waals surface area (Å²) in [5.41, 5.74) is 1.74. The van der Waals surface area contributed by atoms with Gasteiger partial charge < -0.3 is 14.2 Å². The van der Waals surface area contributed by atoms with Crippen molar-refractivity contribution in [2.24, 2.45) is 0 Å². The molecule has 0 saturated heterocycles. The summed E-state index contributed by atoms with van der Waals surface area (Å²) in [4.78, 5) is 0. The first-order chi connectivity index (χ1) is 8.96. The molecule has 0 aliphatic carbocycles. The monoisotopic (exact) mass is 258 g/mol. The van der Waals surface area contributed by atoms with Gasteiger partial charge in [-0.1, -0.05) is 12.5 Å². The van der Waals surface area contributed by atoms with Crippen LogP contribution in [0.5, 0.6) is 17.2 Å². The van der Waals surface area contributed by atoms with Crippen molar-refractivity contribution in [3.05, 3.63) is 24.3 Å². The van der Waals surface area contributed by atoms with Crippen molar-refractivity contribution in [2.45, 2.75) is 25.9 Å². The highest BCUT2D eigenvalue weighted by Gasteiger charge is 2.30. The molecule has 0 aromatic heterocycles. The van der Waals surface area contributed by atoms with Gasteiger partial charge in [-0.2, -0.15) is 0 Å². The van der Waals surface area contributed by atoms with Gasteiger partial charge >= 0.3 is 0 Å². The predicted molar refractivity (Wildman–Crippen MR) is 75.7 cm³/mol. The largest absolute Gasteiger partial charge is 0.493 e. The van der Waals surface area contributed by atoms with Gasteiger partial charge in [0, 0.05) is 18.1 Å². The zero-order chi connectivity index (χ0) is 14.0. The van der Waals surface area contributed by atoms with Crippen LogP contribution in [0.1, 0.15) is 25.8 Å². The van der Waals surface area contributed by atoms with Gasteiger partial charge in [-0.05, 0) is 25.5 Å². The molecule has 3 nitrogen and oxygen atoms in total. The van der Waals surface area contributed by atoms with Crippen molar-refractivity contribution in [1.29, 1.82) is 0 Å². The molecule has 0 fully saturated rings. The van der Waals surface area contributed by atoms with Crippen LogP contribution >= 0.6 is 0 Å². The fraction of sp³-hybridized carbons (Fsp3) is 0.375. The molecule has 1 aliphatic heterocycles. The number of terminal acetylenes is 1. The molecule has 100 valence electrons. The Bertz CT molecular complexity index is 550. The van der Waals surface area contributed by atoms with Crippen LogP contribution in [0.4, 0.5) is 0 Å². The minimum atomic E-state index is -0.262. The van der Waals surface area contributed by atoms with Crippen LogP contribution in [0, 0.1) is 12.3 Å². The van der Waals surface area contributed by atoms with Gasteiger partial charge in [0.15, 0.2) is 11.5 Å². The van der Waals surface area contributed by atoms with Gasteiger partial charge in [0.2, 0.25) is 0 Å². The maximum absolute atomic E-state index is 5.96. The summed E-state index contributed by atoms with van der Waals surface area (Å²) >= 11 is 0. The molecule has 0 spiro atoms. The first-order valence-corrected chi connectivity index (χ1v) is 6.12. The average Bonchev–Trinajstić information content (AvgIpc) is 2.34. The van der Waals surface area contributed by atoms with Crippen LogP contribution in [0.2, 0.25) is 0 Å². The summed E-state index contributed by atoms with van der Waals surface area (Å²) in [5, 5.41) is 0. The van der Waals surface area contributed by atoms with Crippen LogP contribution in [-0.4, -0.2) is 19.3 Å². The van der Waals surface area contributed by atoms with Gasteiger partial charge in [0.25, 0.3) is 0 Å². The van der Waals surface area contributed by atoms with E-state index in [-0.39, 0.29) is 12.2 Å². The van der Waals surface area contributed by atoms with Crippen molar-refractivity contribution < 1.29 is 14.2 Å². The Morgan fingerprint density at radius 1 is 1.42 bits per heavy atom. The van der Waals surface area contributed by atoms with Crippen molar-refractivity contribution >= 4 is 5.57 Å². The van der Waals surface area contributed by atoms with Gasteiger partial charge in [-0.25, -0.2) is 0 Å². The van der Waals surface area contributed by atoms with Crippen molar-refractivity contribution in [3.8, 4) is 29.6 Å². The zero-order valence-electron chi connectivity index (χ0n) is 11.6. The third kappa shape index (κ3) is 2.68. The Hall–Kier alpha value is -2.08. The molecule has 1 aliphatic rings. The molecule has 1 heterocycles. The lowest BCUT2D eigenvalue weighted by atomic mass is 9.90. The molecule has 3 heteroatoms. The quantitative estimate of drug-likeness (QED) is 0.779. The van der Waals surface area contributed by atoms with E-state index in [0.717, 1.165) is 23.3 Å². The van der Waals surface area contributed by atoms with E-state index in [4.69, 9.17) is 20.6 Å². The smallest absolute Gasteiger partial charge is 0.166 e. The van der Waals surface area contributed by atoms with Crippen molar-refractivity contribution in [2.75, 3.05) is 13.7 Å². The van der Waals surface area contributed by atoms with E-state index in [2.05, 4.69) is 12.5 Å². The first-order valence-electron chi connectivity index (χ1n) is 6.12. The highest BCUT2D eigenvalue weighted by Crippen LogP contribution is 2.44. The normalized spacial score (nSPS) is 16.0. The van der Waals surface area contributed by atoms with Gasteiger partial charge in [0.05, 0.1) is 7.11 Å². The fourth-order valence-corrected chi connectivity index (χ4v) is 2.24. The van der Waals surface area contributed by atoms with E-state index in [1.54, 1.807) is 7.11 Å². The molecular formula is C16H18O3. The van der Waals surface area contributed by atoms with Gasteiger partial charge in [-0.3, -0.25) is 0 Å². The highest BCUT2D eigenvalue weighted by atomic mass is 16.5. The van der Waals surface area contributed by atoms with Gasteiger partial charge in [-0.15, -0.1) is 6.42 Å². The van der Waals surface area contributed by atoms with Gasteiger partial charge in [0.1, 0.15) is 18.0 Å². The zero-order valence-corrected chi connectivity index (χ0v) is 11.6. The second-order valence-corrected chi connectivity index (χ2v) is 5.13. The lowest BCUT2D eigenvalue weighted by molar-refractivity contribution is 0.107. The summed E-state index contributed by atoms with van der Waals surface area (Å²) < 4.78 is 16.8. The highest BCUT2D eigenvalue weighted by molar-refractivity contribution is 5.74. The molecule has 19 heavy (non-hydrogen) atoms. The Balaban J connectivity index is 2.45. The van der Waals surface area contributed by atoms with Crippen LogP contribution in [-0.2, 0) is 0 Å². The minimum absolute atomic E-state index is 0.194. The van der Waals surface area contributed by atoms with Crippen LogP contribution < -0.4 is 14.2 Å².